The highest BCUT2D eigenvalue weighted by atomic mass is 79.9. The van der Waals surface area contributed by atoms with Crippen molar-refractivity contribution in [3.8, 4) is 0 Å². The molecule has 3 heteroatoms. The maximum atomic E-state index is 4.70. The van der Waals surface area contributed by atoms with E-state index in [0.717, 1.165) is 26.9 Å². The number of benzene rings is 2. The van der Waals surface area contributed by atoms with Crippen LogP contribution in [0.4, 0.5) is 11.5 Å². The van der Waals surface area contributed by atoms with Crippen LogP contribution in [0.15, 0.2) is 65.1 Å². The smallest absolute Gasteiger partial charge is 0.133 e. The Bertz CT molecular complexity index is 710. The zero-order valence-electron chi connectivity index (χ0n) is 10.5. The molecule has 3 rings (SSSR count). The third-order valence-corrected chi connectivity index (χ3v) is 3.62. The van der Waals surface area contributed by atoms with Crippen molar-refractivity contribution in [3.63, 3.8) is 0 Å². The van der Waals surface area contributed by atoms with Crippen molar-refractivity contribution in [3.05, 3.63) is 65.1 Å². The Morgan fingerprint density at radius 3 is 2.53 bits per heavy atom. The van der Waals surface area contributed by atoms with E-state index in [1.807, 2.05) is 43.4 Å². The van der Waals surface area contributed by atoms with Gasteiger partial charge in [0.25, 0.3) is 0 Å². The van der Waals surface area contributed by atoms with Crippen LogP contribution in [0.25, 0.3) is 10.9 Å². The third kappa shape index (κ3) is 2.47. The average Bonchev–Trinajstić information content (AvgIpc) is 2.47. The lowest BCUT2D eigenvalue weighted by Gasteiger charge is -2.18. The van der Waals surface area contributed by atoms with Gasteiger partial charge in [0, 0.05) is 22.6 Å². The molecule has 2 aromatic carbocycles. The zero-order valence-corrected chi connectivity index (χ0v) is 12.1. The number of anilines is 2. The normalized spacial score (nSPS) is 10.6. The fraction of sp³-hybridized carbons (Fsp3) is 0.0625. The Labute approximate surface area is 120 Å². The maximum Gasteiger partial charge on any atom is 0.133 e. The molecule has 19 heavy (non-hydrogen) atoms. The van der Waals surface area contributed by atoms with Gasteiger partial charge in [0.15, 0.2) is 0 Å². The van der Waals surface area contributed by atoms with Crippen LogP contribution >= 0.6 is 15.9 Å². The molecule has 0 radical (unpaired) electrons. The second-order valence-corrected chi connectivity index (χ2v) is 5.32. The molecule has 0 bridgehead atoms. The first kappa shape index (κ1) is 12.2. The summed E-state index contributed by atoms with van der Waals surface area (Å²) in [7, 11) is 2.03. The van der Waals surface area contributed by atoms with E-state index in [0.29, 0.717) is 0 Å². The molecule has 0 aliphatic rings. The molecule has 0 spiro atoms. The van der Waals surface area contributed by atoms with Crippen LogP contribution in [0.3, 0.4) is 0 Å². The summed E-state index contributed by atoms with van der Waals surface area (Å²) in [6.07, 6.45) is 0. The molecule has 0 unspecified atom stereocenters. The van der Waals surface area contributed by atoms with E-state index in [-0.39, 0.29) is 0 Å². The van der Waals surface area contributed by atoms with Gasteiger partial charge < -0.3 is 4.90 Å². The van der Waals surface area contributed by atoms with Crippen LogP contribution in [0, 0.1) is 0 Å². The first-order valence-electron chi connectivity index (χ1n) is 6.09. The number of halogens is 1. The molecule has 1 heterocycles. The van der Waals surface area contributed by atoms with Crippen LogP contribution in [0.2, 0.25) is 0 Å². The number of aromatic nitrogens is 1. The monoisotopic (exact) mass is 312 g/mol. The highest BCUT2D eigenvalue weighted by molar-refractivity contribution is 9.10. The van der Waals surface area contributed by atoms with Gasteiger partial charge >= 0.3 is 0 Å². The number of hydrogen-bond donors (Lipinski definition) is 0. The van der Waals surface area contributed by atoms with Gasteiger partial charge in [-0.1, -0.05) is 34.1 Å². The van der Waals surface area contributed by atoms with Crippen LogP contribution < -0.4 is 4.90 Å². The van der Waals surface area contributed by atoms with E-state index in [2.05, 4.69) is 45.1 Å². The summed E-state index contributed by atoms with van der Waals surface area (Å²) in [6.45, 7) is 0. The van der Waals surface area contributed by atoms with Gasteiger partial charge in [-0.2, -0.15) is 0 Å². The highest BCUT2D eigenvalue weighted by Gasteiger charge is 2.05. The van der Waals surface area contributed by atoms with E-state index in [4.69, 9.17) is 4.98 Å². The number of pyridine rings is 1. The first-order chi connectivity index (χ1) is 9.24. The van der Waals surface area contributed by atoms with Gasteiger partial charge in [-0.3, -0.25) is 0 Å². The topological polar surface area (TPSA) is 16.1 Å². The predicted molar refractivity (Wildman–Crippen MR) is 83.9 cm³/mol. The SMILES string of the molecule is CN(c1ccccc1)c1ccc2cc(Br)ccc2n1. The van der Waals surface area contributed by atoms with Crippen LogP contribution in [0.5, 0.6) is 0 Å². The molecule has 0 saturated carbocycles. The van der Waals surface area contributed by atoms with Crippen LogP contribution in [-0.4, -0.2) is 12.0 Å². The van der Waals surface area contributed by atoms with Crippen LogP contribution in [-0.2, 0) is 0 Å². The Hall–Kier alpha value is -1.87. The third-order valence-electron chi connectivity index (χ3n) is 3.12. The Morgan fingerprint density at radius 1 is 0.947 bits per heavy atom. The molecule has 0 aliphatic heterocycles. The predicted octanol–water partition coefficient (Wildman–Crippen LogP) is 4.77. The van der Waals surface area contributed by atoms with Crippen molar-refractivity contribution in [1.29, 1.82) is 0 Å². The molecule has 2 nitrogen and oxygen atoms in total. The number of rotatable bonds is 2. The molecular weight excluding hydrogens is 300 g/mol. The largest absolute Gasteiger partial charge is 0.329 e. The Kier molecular flexibility index (Phi) is 3.22. The molecule has 1 aromatic heterocycles. The summed E-state index contributed by atoms with van der Waals surface area (Å²) in [4.78, 5) is 6.78. The minimum Gasteiger partial charge on any atom is -0.329 e. The molecule has 0 atom stereocenters. The lowest BCUT2D eigenvalue weighted by molar-refractivity contribution is 1.15. The van der Waals surface area contributed by atoms with Gasteiger partial charge in [-0.05, 0) is 42.5 Å². The summed E-state index contributed by atoms with van der Waals surface area (Å²) in [5.41, 5.74) is 2.13. The van der Waals surface area contributed by atoms with Gasteiger partial charge in [0.2, 0.25) is 0 Å². The molecule has 0 saturated heterocycles. The van der Waals surface area contributed by atoms with Crippen molar-refractivity contribution in [2.24, 2.45) is 0 Å². The maximum absolute atomic E-state index is 4.70. The second-order valence-electron chi connectivity index (χ2n) is 4.40. The fourth-order valence-electron chi connectivity index (χ4n) is 2.06. The molecular formula is C16H13BrN2. The summed E-state index contributed by atoms with van der Waals surface area (Å²) >= 11 is 3.48. The van der Waals surface area contributed by atoms with Crippen molar-refractivity contribution < 1.29 is 0 Å². The lowest BCUT2D eigenvalue weighted by Crippen LogP contribution is -2.10. The molecule has 0 fully saturated rings. The number of hydrogen-bond acceptors (Lipinski definition) is 2. The first-order valence-corrected chi connectivity index (χ1v) is 6.88. The van der Waals surface area contributed by atoms with Gasteiger partial charge in [-0.25, -0.2) is 4.98 Å². The number of fused-ring (bicyclic) bond motifs is 1. The molecule has 0 N–H and O–H groups in total. The second kappa shape index (κ2) is 5.02. The van der Waals surface area contributed by atoms with E-state index in [1.165, 1.54) is 0 Å². The molecule has 0 amide bonds. The van der Waals surface area contributed by atoms with Crippen LogP contribution in [0.1, 0.15) is 0 Å². The zero-order chi connectivity index (χ0) is 13.2. The van der Waals surface area contributed by atoms with Gasteiger partial charge in [-0.15, -0.1) is 0 Å². The summed E-state index contributed by atoms with van der Waals surface area (Å²) in [5, 5.41) is 1.14. The minimum absolute atomic E-state index is 0.945. The summed E-state index contributed by atoms with van der Waals surface area (Å²) < 4.78 is 1.07. The van der Waals surface area contributed by atoms with Gasteiger partial charge in [0.05, 0.1) is 5.52 Å². The van der Waals surface area contributed by atoms with E-state index >= 15 is 0 Å². The molecule has 0 aliphatic carbocycles. The molecule has 3 aromatic rings. The molecule has 94 valence electrons. The highest BCUT2D eigenvalue weighted by Crippen LogP contribution is 2.25. The minimum atomic E-state index is 0.945. The van der Waals surface area contributed by atoms with Gasteiger partial charge in [0.1, 0.15) is 5.82 Å². The summed E-state index contributed by atoms with van der Waals surface area (Å²) in [6, 6.07) is 20.5. The summed E-state index contributed by atoms with van der Waals surface area (Å²) in [5.74, 6) is 0.945. The Morgan fingerprint density at radius 2 is 1.74 bits per heavy atom. The average molecular weight is 313 g/mol. The number of nitrogens with zero attached hydrogens (tertiary/aromatic N) is 2. The van der Waals surface area contributed by atoms with Crippen molar-refractivity contribution >= 4 is 38.3 Å². The lowest BCUT2D eigenvalue weighted by atomic mass is 10.2. The standard InChI is InChI=1S/C16H13BrN2/c1-19(14-5-3-2-4-6-14)16-10-7-12-11-13(17)8-9-15(12)18-16/h2-11H,1H3. The quantitative estimate of drug-likeness (QED) is 0.678. The van der Waals surface area contributed by atoms with E-state index in [1.54, 1.807) is 0 Å². The van der Waals surface area contributed by atoms with Crippen molar-refractivity contribution in [2.45, 2.75) is 0 Å². The number of para-hydroxylation sites is 1. The van der Waals surface area contributed by atoms with E-state index in [9.17, 15) is 0 Å². The van der Waals surface area contributed by atoms with Crippen molar-refractivity contribution in [2.75, 3.05) is 11.9 Å². The Balaban J connectivity index is 2.04. The fourth-order valence-corrected chi connectivity index (χ4v) is 2.44. The van der Waals surface area contributed by atoms with E-state index < -0.39 is 0 Å². The van der Waals surface area contributed by atoms with Crippen molar-refractivity contribution in [1.82, 2.24) is 4.98 Å².